The number of carbonyl (C=O) groups excluding carboxylic acids is 2. The third-order valence-electron chi connectivity index (χ3n) is 2.97. The minimum atomic E-state index is -0.736. The van der Waals surface area contributed by atoms with E-state index in [1.165, 1.54) is 0 Å². The van der Waals surface area contributed by atoms with Crippen molar-refractivity contribution in [2.24, 2.45) is 5.73 Å². The molecule has 0 bridgehead atoms. The molecule has 0 fully saturated rings. The van der Waals surface area contributed by atoms with Crippen LogP contribution in [0.5, 0.6) is 0 Å². The second-order valence-electron chi connectivity index (χ2n) is 4.95. The Kier molecular flexibility index (Phi) is 12.2. The zero-order valence-corrected chi connectivity index (χ0v) is 12.9. The van der Waals surface area contributed by atoms with Gasteiger partial charge in [-0.3, -0.25) is 9.59 Å². The van der Waals surface area contributed by atoms with Crippen LogP contribution in [0.25, 0.3) is 0 Å². The lowest BCUT2D eigenvalue weighted by atomic mass is 10.2. The second-order valence-corrected chi connectivity index (χ2v) is 4.95. The smallest absolute Gasteiger partial charge is 0.322 e. The average Bonchev–Trinajstić information content (AvgIpc) is 2.45. The van der Waals surface area contributed by atoms with Crippen LogP contribution in [0, 0.1) is 0 Å². The molecule has 0 aromatic heterocycles. The van der Waals surface area contributed by atoms with Gasteiger partial charge in [-0.15, -0.1) is 0 Å². The van der Waals surface area contributed by atoms with Gasteiger partial charge in [-0.2, -0.15) is 0 Å². The molecule has 0 spiro atoms. The number of esters is 2. The normalized spacial score (nSPS) is 11.9. The van der Waals surface area contributed by atoms with Gasteiger partial charge in [-0.1, -0.05) is 39.5 Å². The SMILES string of the molecule is CCCCCOC(=O)CC[C@H](N)C(=O)OCCCCC. The van der Waals surface area contributed by atoms with E-state index in [2.05, 4.69) is 13.8 Å². The van der Waals surface area contributed by atoms with Gasteiger partial charge in [0.1, 0.15) is 6.04 Å². The van der Waals surface area contributed by atoms with Crippen LogP contribution in [0.2, 0.25) is 0 Å². The molecular formula is C15H29NO4. The fourth-order valence-corrected chi connectivity index (χ4v) is 1.63. The summed E-state index contributed by atoms with van der Waals surface area (Å²) >= 11 is 0. The quantitative estimate of drug-likeness (QED) is 0.441. The number of hydrogen-bond acceptors (Lipinski definition) is 5. The molecule has 0 saturated carbocycles. The van der Waals surface area contributed by atoms with Crippen molar-refractivity contribution < 1.29 is 19.1 Å². The Bertz CT molecular complexity index is 269. The standard InChI is InChI=1S/C15H29NO4/c1-3-5-7-11-19-14(17)10-9-13(16)15(18)20-12-8-6-4-2/h13H,3-12,16H2,1-2H3/t13-/m0/s1. The van der Waals surface area contributed by atoms with Crippen molar-refractivity contribution in [1.29, 1.82) is 0 Å². The van der Waals surface area contributed by atoms with Crippen LogP contribution in [0.15, 0.2) is 0 Å². The van der Waals surface area contributed by atoms with Crippen LogP contribution in [0.3, 0.4) is 0 Å². The molecule has 5 nitrogen and oxygen atoms in total. The van der Waals surface area contributed by atoms with E-state index in [4.69, 9.17) is 15.2 Å². The minimum absolute atomic E-state index is 0.164. The number of ether oxygens (including phenoxy) is 2. The van der Waals surface area contributed by atoms with E-state index in [0.29, 0.717) is 13.2 Å². The molecule has 2 N–H and O–H groups in total. The van der Waals surface area contributed by atoms with Gasteiger partial charge in [0.2, 0.25) is 0 Å². The maximum absolute atomic E-state index is 11.5. The summed E-state index contributed by atoms with van der Waals surface area (Å²) in [7, 11) is 0. The van der Waals surface area contributed by atoms with Crippen LogP contribution >= 0.6 is 0 Å². The summed E-state index contributed by atoms with van der Waals surface area (Å²) in [5, 5.41) is 0. The highest BCUT2D eigenvalue weighted by Gasteiger charge is 2.16. The van der Waals surface area contributed by atoms with Crippen molar-refractivity contribution in [3.8, 4) is 0 Å². The Hall–Kier alpha value is -1.10. The number of rotatable bonds is 12. The van der Waals surface area contributed by atoms with E-state index in [9.17, 15) is 9.59 Å². The minimum Gasteiger partial charge on any atom is -0.466 e. The van der Waals surface area contributed by atoms with Crippen LogP contribution in [-0.4, -0.2) is 31.2 Å². The largest absolute Gasteiger partial charge is 0.466 e. The molecule has 0 aliphatic heterocycles. The molecule has 0 aliphatic carbocycles. The maximum Gasteiger partial charge on any atom is 0.322 e. The van der Waals surface area contributed by atoms with Crippen molar-refractivity contribution in [2.75, 3.05) is 13.2 Å². The van der Waals surface area contributed by atoms with Crippen molar-refractivity contribution in [2.45, 2.75) is 71.3 Å². The van der Waals surface area contributed by atoms with Crippen LogP contribution < -0.4 is 5.73 Å². The first-order valence-electron chi connectivity index (χ1n) is 7.69. The highest BCUT2D eigenvalue weighted by molar-refractivity contribution is 5.77. The Labute approximate surface area is 122 Å². The van der Waals surface area contributed by atoms with Gasteiger partial charge in [0.05, 0.1) is 13.2 Å². The fourth-order valence-electron chi connectivity index (χ4n) is 1.63. The lowest BCUT2D eigenvalue weighted by molar-refractivity contribution is -0.146. The third-order valence-corrected chi connectivity index (χ3v) is 2.97. The lowest BCUT2D eigenvalue weighted by Gasteiger charge is -2.11. The number of hydrogen-bond donors (Lipinski definition) is 1. The van der Waals surface area contributed by atoms with Gasteiger partial charge in [0.25, 0.3) is 0 Å². The highest BCUT2D eigenvalue weighted by atomic mass is 16.5. The van der Waals surface area contributed by atoms with Gasteiger partial charge in [-0.25, -0.2) is 0 Å². The van der Waals surface area contributed by atoms with E-state index in [0.717, 1.165) is 38.5 Å². The molecular weight excluding hydrogens is 258 g/mol. The van der Waals surface area contributed by atoms with E-state index < -0.39 is 12.0 Å². The molecule has 0 aliphatic rings. The molecule has 0 saturated heterocycles. The summed E-state index contributed by atoms with van der Waals surface area (Å²) in [6, 6.07) is -0.736. The first-order valence-corrected chi connectivity index (χ1v) is 7.69. The van der Waals surface area contributed by atoms with E-state index >= 15 is 0 Å². The predicted molar refractivity (Wildman–Crippen MR) is 78.2 cm³/mol. The van der Waals surface area contributed by atoms with Crippen molar-refractivity contribution in [1.82, 2.24) is 0 Å². The molecule has 5 heteroatoms. The third kappa shape index (κ3) is 10.8. The van der Waals surface area contributed by atoms with Crippen molar-refractivity contribution in [3.05, 3.63) is 0 Å². The molecule has 20 heavy (non-hydrogen) atoms. The molecule has 118 valence electrons. The topological polar surface area (TPSA) is 78.6 Å². The van der Waals surface area contributed by atoms with Crippen molar-refractivity contribution in [3.63, 3.8) is 0 Å². The zero-order chi connectivity index (χ0) is 15.2. The van der Waals surface area contributed by atoms with E-state index in [1.54, 1.807) is 0 Å². The first-order chi connectivity index (χ1) is 9.61. The lowest BCUT2D eigenvalue weighted by Crippen LogP contribution is -2.33. The summed E-state index contributed by atoms with van der Waals surface area (Å²) in [6.45, 7) is 5.03. The zero-order valence-electron chi connectivity index (χ0n) is 12.9. The molecule has 0 aromatic rings. The molecule has 0 heterocycles. The molecule has 0 radical (unpaired) electrons. The van der Waals surface area contributed by atoms with Gasteiger partial charge < -0.3 is 15.2 Å². The highest BCUT2D eigenvalue weighted by Crippen LogP contribution is 2.02. The first kappa shape index (κ1) is 18.9. The van der Waals surface area contributed by atoms with Gasteiger partial charge in [0.15, 0.2) is 0 Å². The van der Waals surface area contributed by atoms with Crippen molar-refractivity contribution >= 4 is 11.9 Å². The van der Waals surface area contributed by atoms with Gasteiger partial charge >= 0.3 is 11.9 Å². The van der Waals surface area contributed by atoms with Crippen LogP contribution in [0.4, 0.5) is 0 Å². The Balaban J connectivity index is 3.61. The van der Waals surface area contributed by atoms with Crippen LogP contribution in [-0.2, 0) is 19.1 Å². The van der Waals surface area contributed by atoms with Gasteiger partial charge in [0, 0.05) is 6.42 Å². The fraction of sp³-hybridized carbons (Fsp3) is 0.867. The summed E-state index contributed by atoms with van der Waals surface area (Å²) in [4.78, 5) is 22.9. The molecule has 0 unspecified atom stereocenters. The number of nitrogens with two attached hydrogens (primary N) is 1. The Morgan fingerprint density at radius 3 is 2.05 bits per heavy atom. The molecule has 1 atom stereocenters. The van der Waals surface area contributed by atoms with E-state index in [1.807, 2.05) is 0 Å². The summed E-state index contributed by atoms with van der Waals surface area (Å²) in [6.07, 6.45) is 6.43. The Morgan fingerprint density at radius 1 is 0.950 bits per heavy atom. The molecule has 0 amide bonds. The molecule has 0 rings (SSSR count). The number of carbonyl (C=O) groups is 2. The average molecular weight is 287 g/mol. The second kappa shape index (κ2) is 12.9. The predicted octanol–water partition coefficient (Wildman–Crippen LogP) is 2.56. The van der Waals surface area contributed by atoms with E-state index in [-0.39, 0.29) is 18.8 Å². The van der Waals surface area contributed by atoms with Crippen LogP contribution in [0.1, 0.15) is 65.2 Å². The summed E-state index contributed by atoms with van der Waals surface area (Å²) < 4.78 is 10.1. The summed E-state index contributed by atoms with van der Waals surface area (Å²) in [5.74, 6) is -0.727. The Morgan fingerprint density at radius 2 is 1.50 bits per heavy atom. The number of unbranched alkanes of at least 4 members (excludes halogenated alkanes) is 4. The monoisotopic (exact) mass is 287 g/mol. The summed E-state index contributed by atoms with van der Waals surface area (Å²) in [5.41, 5.74) is 5.67. The maximum atomic E-state index is 11.5. The van der Waals surface area contributed by atoms with Gasteiger partial charge in [-0.05, 0) is 19.3 Å². The molecule has 0 aromatic carbocycles.